The predicted octanol–water partition coefficient (Wildman–Crippen LogP) is 2.78. The van der Waals surface area contributed by atoms with Gasteiger partial charge in [0.15, 0.2) is 0 Å². The molecule has 0 bridgehead atoms. The molecule has 6 heteroatoms. The largest absolute Gasteiger partial charge is 0.355 e. The van der Waals surface area contributed by atoms with Crippen LogP contribution in [-0.2, 0) is 10.5 Å². The Bertz CT molecular complexity index is 481. The van der Waals surface area contributed by atoms with Crippen LogP contribution in [0.5, 0.6) is 0 Å². The molecule has 1 saturated heterocycles. The van der Waals surface area contributed by atoms with E-state index in [1.807, 2.05) is 6.07 Å². The fourth-order valence-corrected chi connectivity index (χ4v) is 4.06. The van der Waals surface area contributed by atoms with Gasteiger partial charge in [0.05, 0.1) is 5.25 Å². The average Bonchev–Trinajstić information content (AvgIpc) is 2.60. The Kier molecular flexibility index (Phi) is 11.2. The molecule has 4 nitrogen and oxygen atoms in total. The van der Waals surface area contributed by atoms with Crippen molar-refractivity contribution in [1.29, 1.82) is 0 Å². The summed E-state index contributed by atoms with van der Waals surface area (Å²) in [4.78, 5) is 15.0. The molecule has 1 heterocycles. The highest BCUT2D eigenvalue weighted by molar-refractivity contribution is 7.99. The number of nitrogens with zero attached hydrogens (tertiary/aromatic N) is 1. The van der Waals surface area contributed by atoms with Crippen molar-refractivity contribution < 1.29 is 4.79 Å². The maximum Gasteiger partial charge on any atom is 0.233 e. The molecule has 0 aromatic heterocycles. The molecule has 25 heavy (non-hydrogen) atoms. The van der Waals surface area contributed by atoms with Crippen LogP contribution >= 0.6 is 24.2 Å². The van der Waals surface area contributed by atoms with Gasteiger partial charge in [0.25, 0.3) is 0 Å². The summed E-state index contributed by atoms with van der Waals surface area (Å²) in [7, 11) is 0. The van der Waals surface area contributed by atoms with Gasteiger partial charge in [-0.1, -0.05) is 44.2 Å². The summed E-state index contributed by atoms with van der Waals surface area (Å²) in [5, 5.41) is 6.52. The van der Waals surface area contributed by atoms with Crippen LogP contribution in [0.25, 0.3) is 0 Å². The first-order chi connectivity index (χ1) is 11.7. The summed E-state index contributed by atoms with van der Waals surface area (Å²) in [6.45, 7) is 10.5. The summed E-state index contributed by atoms with van der Waals surface area (Å²) in [5.74, 6) is 1.41. The number of benzene rings is 1. The van der Waals surface area contributed by atoms with Crippen LogP contribution in [0, 0.1) is 5.92 Å². The Labute approximate surface area is 162 Å². The van der Waals surface area contributed by atoms with E-state index >= 15 is 0 Å². The van der Waals surface area contributed by atoms with E-state index in [0.29, 0.717) is 5.92 Å². The van der Waals surface area contributed by atoms with Crippen LogP contribution in [0.3, 0.4) is 0 Å². The Morgan fingerprint density at radius 2 is 1.92 bits per heavy atom. The van der Waals surface area contributed by atoms with Gasteiger partial charge in [0.1, 0.15) is 0 Å². The number of piperazine rings is 1. The lowest BCUT2D eigenvalue weighted by molar-refractivity contribution is -0.121. The Hall–Kier alpha value is -0.750. The predicted molar refractivity (Wildman–Crippen MR) is 111 cm³/mol. The number of halogens is 1. The van der Waals surface area contributed by atoms with Crippen molar-refractivity contribution in [1.82, 2.24) is 15.5 Å². The maximum absolute atomic E-state index is 12.5. The highest BCUT2D eigenvalue weighted by atomic mass is 35.5. The second-order valence-electron chi connectivity index (χ2n) is 6.70. The molecular formula is C19H32ClN3OS. The van der Waals surface area contributed by atoms with Crippen LogP contribution in [0.2, 0.25) is 0 Å². The van der Waals surface area contributed by atoms with Crippen molar-refractivity contribution in [2.24, 2.45) is 5.92 Å². The molecule has 1 atom stereocenters. The van der Waals surface area contributed by atoms with E-state index in [0.717, 1.165) is 51.4 Å². The summed E-state index contributed by atoms with van der Waals surface area (Å²) < 4.78 is 0. The molecule has 2 N–H and O–H groups in total. The fourth-order valence-electron chi connectivity index (χ4n) is 2.88. The van der Waals surface area contributed by atoms with Crippen molar-refractivity contribution in [3.63, 3.8) is 0 Å². The monoisotopic (exact) mass is 385 g/mol. The normalized spacial score (nSPS) is 16.3. The number of carbonyl (C=O) groups excluding carboxylic acids is 1. The minimum Gasteiger partial charge on any atom is -0.355 e. The Morgan fingerprint density at radius 1 is 1.24 bits per heavy atom. The van der Waals surface area contributed by atoms with Gasteiger partial charge in [-0.3, -0.25) is 4.79 Å². The number of rotatable bonds is 9. The lowest BCUT2D eigenvalue weighted by Crippen LogP contribution is -2.44. The number of hydrogen-bond donors (Lipinski definition) is 2. The van der Waals surface area contributed by atoms with Crippen LogP contribution in [0.15, 0.2) is 30.3 Å². The number of nitrogens with one attached hydrogen (secondary N) is 2. The highest BCUT2D eigenvalue weighted by Crippen LogP contribution is 2.23. The first-order valence-electron chi connectivity index (χ1n) is 9.03. The van der Waals surface area contributed by atoms with Gasteiger partial charge in [-0.25, -0.2) is 0 Å². The third kappa shape index (κ3) is 8.45. The SMILES string of the molecule is CC(C)C(SCc1ccccc1)C(=O)NCCCN1CCNCC1.Cl. The summed E-state index contributed by atoms with van der Waals surface area (Å²) in [6.07, 6.45) is 1.03. The molecule has 2 rings (SSSR count). The van der Waals surface area contributed by atoms with Gasteiger partial charge in [-0.15, -0.1) is 24.2 Å². The molecule has 1 fully saturated rings. The molecule has 0 saturated carbocycles. The molecule has 1 aromatic rings. The van der Waals surface area contributed by atoms with E-state index in [1.165, 1.54) is 5.56 Å². The Morgan fingerprint density at radius 3 is 2.56 bits per heavy atom. The van der Waals surface area contributed by atoms with Gasteiger partial charge >= 0.3 is 0 Å². The fraction of sp³-hybridized carbons (Fsp3) is 0.632. The second-order valence-corrected chi connectivity index (χ2v) is 7.83. The zero-order chi connectivity index (χ0) is 17.2. The van der Waals surface area contributed by atoms with Crippen molar-refractivity contribution in [2.45, 2.75) is 31.3 Å². The number of hydrogen-bond acceptors (Lipinski definition) is 4. The maximum atomic E-state index is 12.5. The standard InChI is InChI=1S/C19H31N3OS.ClH/c1-16(2)18(24-15-17-7-4-3-5-8-17)19(23)21-9-6-12-22-13-10-20-11-14-22;/h3-5,7-8,16,18,20H,6,9-15H2,1-2H3,(H,21,23);1H. The first kappa shape index (κ1) is 22.3. The quantitative estimate of drug-likeness (QED) is 0.641. The number of carbonyl (C=O) groups is 1. The number of amides is 1. The molecule has 142 valence electrons. The molecule has 1 aromatic carbocycles. The van der Waals surface area contributed by atoms with Crippen LogP contribution in [0.4, 0.5) is 0 Å². The van der Waals surface area contributed by atoms with Crippen molar-refractivity contribution in [3.8, 4) is 0 Å². The smallest absolute Gasteiger partial charge is 0.233 e. The zero-order valence-electron chi connectivity index (χ0n) is 15.4. The van der Waals surface area contributed by atoms with E-state index in [9.17, 15) is 4.79 Å². The summed E-state index contributed by atoms with van der Waals surface area (Å²) in [6, 6.07) is 10.4. The number of thioether (sulfide) groups is 1. The van der Waals surface area contributed by atoms with Gasteiger partial charge < -0.3 is 15.5 Å². The summed E-state index contributed by atoms with van der Waals surface area (Å²) >= 11 is 1.75. The van der Waals surface area contributed by atoms with Crippen LogP contribution in [-0.4, -0.2) is 55.3 Å². The van der Waals surface area contributed by atoms with E-state index in [-0.39, 0.29) is 23.6 Å². The lowest BCUT2D eigenvalue weighted by atomic mass is 10.1. The molecule has 1 aliphatic heterocycles. The third-order valence-corrected chi connectivity index (χ3v) is 5.91. The van der Waals surface area contributed by atoms with Gasteiger partial charge in [0, 0.05) is 38.5 Å². The van der Waals surface area contributed by atoms with E-state index < -0.39 is 0 Å². The zero-order valence-corrected chi connectivity index (χ0v) is 17.0. The van der Waals surface area contributed by atoms with Crippen molar-refractivity contribution in [2.75, 3.05) is 39.3 Å². The molecule has 0 spiro atoms. The molecule has 1 unspecified atom stereocenters. The lowest BCUT2D eigenvalue weighted by Gasteiger charge is -2.27. The van der Waals surface area contributed by atoms with E-state index in [2.05, 4.69) is 53.6 Å². The minimum absolute atomic E-state index is 0. The van der Waals surface area contributed by atoms with Gasteiger partial charge in [0.2, 0.25) is 5.91 Å². The third-order valence-electron chi connectivity index (χ3n) is 4.30. The molecule has 0 radical (unpaired) electrons. The Balaban J connectivity index is 0.00000312. The van der Waals surface area contributed by atoms with Crippen LogP contribution < -0.4 is 10.6 Å². The molecular weight excluding hydrogens is 354 g/mol. The van der Waals surface area contributed by atoms with Gasteiger partial charge in [-0.05, 0) is 24.4 Å². The molecule has 1 amide bonds. The topological polar surface area (TPSA) is 44.4 Å². The van der Waals surface area contributed by atoms with Gasteiger partial charge in [-0.2, -0.15) is 0 Å². The van der Waals surface area contributed by atoms with E-state index in [1.54, 1.807) is 11.8 Å². The highest BCUT2D eigenvalue weighted by Gasteiger charge is 2.22. The minimum atomic E-state index is 0. The van der Waals surface area contributed by atoms with E-state index in [4.69, 9.17) is 0 Å². The molecule has 0 aliphatic carbocycles. The van der Waals surface area contributed by atoms with Crippen LogP contribution in [0.1, 0.15) is 25.8 Å². The average molecular weight is 386 g/mol. The first-order valence-corrected chi connectivity index (χ1v) is 10.1. The van der Waals surface area contributed by atoms with Crippen molar-refractivity contribution >= 4 is 30.1 Å². The second kappa shape index (κ2) is 12.6. The van der Waals surface area contributed by atoms with Crippen molar-refractivity contribution in [3.05, 3.63) is 35.9 Å². The summed E-state index contributed by atoms with van der Waals surface area (Å²) in [5.41, 5.74) is 1.28. The molecule has 1 aliphatic rings.